The number of nitrogens with two attached hydrogens (primary N) is 1. The van der Waals surface area contributed by atoms with Gasteiger partial charge < -0.3 is 11.1 Å². The third-order valence-corrected chi connectivity index (χ3v) is 3.40. The molecule has 0 spiro atoms. The Bertz CT molecular complexity index is 618. The first-order valence-corrected chi connectivity index (χ1v) is 7.50. The van der Waals surface area contributed by atoms with E-state index in [2.05, 4.69) is 29.5 Å². The fraction of sp³-hybridized carbons (Fsp3) is 0.438. The van der Waals surface area contributed by atoms with Gasteiger partial charge in [-0.15, -0.1) is 5.10 Å². The largest absolute Gasteiger partial charge is 0.347 e. The zero-order valence-corrected chi connectivity index (χ0v) is 13.3. The first-order chi connectivity index (χ1) is 10.5. The summed E-state index contributed by atoms with van der Waals surface area (Å²) in [5, 5.41) is 10.9. The highest BCUT2D eigenvalue weighted by Crippen LogP contribution is 2.09. The molecule has 6 nitrogen and oxygen atoms in total. The maximum Gasteiger partial charge on any atom is 0.273 e. The Hall–Kier alpha value is -2.21. The summed E-state index contributed by atoms with van der Waals surface area (Å²) < 4.78 is 1.59. The lowest BCUT2D eigenvalue weighted by atomic mass is 10.0. The third kappa shape index (κ3) is 4.14. The van der Waals surface area contributed by atoms with Gasteiger partial charge in [0.15, 0.2) is 5.69 Å². The molecule has 0 saturated carbocycles. The average Bonchev–Trinajstić information content (AvgIpc) is 2.96. The Balaban J connectivity index is 2.07. The number of carbonyl (C=O) groups is 1. The van der Waals surface area contributed by atoms with Crippen molar-refractivity contribution in [1.29, 1.82) is 0 Å². The summed E-state index contributed by atoms with van der Waals surface area (Å²) in [6.07, 6.45) is 2.47. The van der Waals surface area contributed by atoms with Crippen molar-refractivity contribution in [1.82, 2.24) is 20.3 Å². The molecule has 22 heavy (non-hydrogen) atoms. The van der Waals surface area contributed by atoms with Gasteiger partial charge in [0, 0.05) is 12.6 Å². The average molecular weight is 301 g/mol. The Kier molecular flexibility index (Phi) is 5.27. The molecule has 1 amide bonds. The smallest absolute Gasteiger partial charge is 0.273 e. The number of amides is 1. The van der Waals surface area contributed by atoms with Crippen molar-refractivity contribution in [2.75, 3.05) is 6.54 Å². The van der Waals surface area contributed by atoms with Crippen LogP contribution in [-0.2, 0) is 0 Å². The number of aromatic nitrogens is 3. The number of nitrogens with zero attached hydrogens (tertiary/aromatic N) is 3. The Labute approximate surface area is 130 Å². The fourth-order valence-corrected chi connectivity index (χ4v) is 2.23. The van der Waals surface area contributed by atoms with Crippen molar-refractivity contribution < 1.29 is 4.79 Å². The number of hydrogen-bond acceptors (Lipinski definition) is 4. The number of nitrogens with one attached hydrogen (secondary N) is 1. The molecule has 0 aliphatic heterocycles. The highest BCUT2D eigenvalue weighted by atomic mass is 16.2. The van der Waals surface area contributed by atoms with Gasteiger partial charge in [0.25, 0.3) is 5.91 Å². The Morgan fingerprint density at radius 1 is 1.32 bits per heavy atom. The van der Waals surface area contributed by atoms with Crippen LogP contribution in [0.15, 0.2) is 30.5 Å². The molecule has 1 unspecified atom stereocenters. The molecular weight excluding hydrogens is 278 g/mol. The van der Waals surface area contributed by atoms with E-state index in [4.69, 9.17) is 5.73 Å². The minimum absolute atomic E-state index is 0.0444. The van der Waals surface area contributed by atoms with E-state index >= 15 is 0 Å². The van der Waals surface area contributed by atoms with Gasteiger partial charge in [-0.2, -0.15) is 0 Å². The molecule has 0 fully saturated rings. The van der Waals surface area contributed by atoms with Crippen LogP contribution in [0.25, 0.3) is 5.69 Å². The van der Waals surface area contributed by atoms with Crippen molar-refractivity contribution in [2.24, 2.45) is 11.7 Å². The summed E-state index contributed by atoms with van der Waals surface area (Å²) in [4.78, 5) is 12.2. The molecule has 1 heterocycles. The second-order valence-electron chi connectivity index (χ2n) is 5.92. The molecule has 2 rings (SSSR count). The van der Waals surface area contributed by atoms with E-state index in [0.29, 0.717) is 18.2 Å². The molecule has 0 saturated heterocycles. The summed E-state index contributed by atoms with van der Waals surface area (Å²) >= 11 is 0. The molecule has 1 atom stereocenters. The first-order valence-electron chi connectivity index (χ1n) is 7.50. The van der Waals surface area contributed by atoms with Gasteiger partial charge in [-0.3, -0.25) is 4.79 Å². The highest BCUT2D eigenvalue weighted by molar-refractivity contribution is 5.92. The standard InChI is InChI=1S/C16H23N5O/c1-11(2)8-13(9-17)18-16(22)15-10-21(20-19-15)14-6-4-12(3)5-7-14/h4-7,10-11,13H,8-9,17H2,1-3H3,(H,18,22). The van der Waals surface area contributed by atoms with Gasteiger partial charge in [0.2, 0.25) is 0 Å². The van der Waals surface area contributed by atoms with Gasteiger partial charge in [0.05, 0.1) is 11.9 Å². The van der Waals surface area contributed by atoms with E-state index in [1.165, 1.54) is 5.56 Å². The van der Waals surface area contributed by atoms with Crippen LogP contribution in [0.1, 0.15) is 36.3 Å². The van der Waals surface area contributed by atoms with Crippen LogP contribution < -0.4 is 11.1 Å². The van der Waals surface area contributed by atoms with E-state index in [1.54, 1.807) is 10.9 Å². The molecule has 0 radical (unpaired) electrons. The van der Waals surface area contributed by atoms with Crippen LogP contribution in [0.4, 0.5) is 0 Å². The normalized spacial score (nSPS) is 12.4. The molecule has 1 aromatic heterocycles. The molecule has 0 aliphatic carbocycles. The Morgan fingerprint density at radius 3 is 2.59 bits per heavy atom. The van der Waals surface area contributed by atoms with Crippen molar-refractivity contribution in [3.8, 4) is 5.69 Å². The number of rotatable bonds is 6. The summed E-state index contributed by atoms with van der Waals surface area (Å²) in [6, 6.07) is 7.81. The van der Waals surface area contributed by atoms with Crippen molar-refractivity contribution in [2.45, 2.75) is 33.2 Å². The third-order valence-electron chi connectivity index (χ3n) is 3.40. The van der Waals surface area contributed by atoms with Gasteiger partial charge in [-0.05, 0) is 31.4 Å². The minimum Gasteiger partial charge on any atom is -0.347 e. The highest BCUT2D eigenvalue weighted by Gasteiger charge is 2.16. The van der Waals surface area contributed by atoms with Crippen LogP contribution in [0.3, 0.4) is 0 Å². The maximum absolute atomic E-state index is 12.2. The molecule has 3 N–H and O–H groups in total. The van der Waals surface area contributed by atoms with Crippen molar-refractivity contribution in [3.63, 3.8) is 0 Å². The second kappa shape index (κ2) is 7.17. The molecule has 1 aromatic carbocycles. The van der Waals surface area contributed by atoms with Gasteiger partial charge in [-0.1, -0.05) is 36.8 Å². The maximum atomic E-state index is 12.2. The number of hydrogen-bond donors (Lipinski definition) is 2. The van der Waals surface area contributed by atoms with E-state index < -0.39 is 0 Å². The summed E-state index contributed by atoms with van der Waals surface area (Å²) in [5.41, 5.74) is 8.03. The topological polar surface area (TPSA) is 85.8 Å². The quantitative estimate of drug-likeness (QED) is 0.850. The predicted octanol–water partition coefficient (Wildman–Crippen LogP) is 1.68. The molecule has 6 heteroatoms. The SMILES string of the molecule is Cc1ccc(-n2cc(C(=O)NC(CN)CC(C)C)nn2)cc1. The van der Waals surface area contributed by atoms with Gasteiger partial charge >= 0.3 is 0 Å². The zero-order chi connectivity index (χ0) is 16.1. The van der Waals surface area contributed by atoms with Crippen LogP contribution in [0.2, 0.25) is 0 Å². The molecule has 0 aliphatic rings. The molecule has 0 bridgehead atoms. The van der Waals surface area contributed by atoms with E-state index in [-0.39, 0.29) is 11.9 Å². The van der Waals surface area contributed by atoms with Crippen molar-refractivity contribution >= 4 is 5.91 Å². The number of benzene rings is 1. The molecular formula is C16H23N5O. The van der Waals surface area contributed by atoms with Gasteiger partial charge in [0.1, 0.15) is 0 Å². The predicted molar refractivity (Wildman–Crippen MR) is 85.9 cm³/mol. The molecule has 118 valence electrons. The minimum atomic E-state index is -0.241. The summed E-state index contributed by atoms with van der Waals surface area (Å²) in [7, 11) is 0. The Morgan fingerprint density at radius 2 is 2.00 bits per heavy atom. The van der Waals surface area contributed by atoms with E-state index in [1.807, 2.05) is 31.2 Å². The zero-order valence-electron chi connectivity index (χ0n) is 13.3. The van der Waals surface area contributed by atoms with Gasteiger partial charge in [-0.25, -0.2) is 4.68 Å². The summed E-state index contributed by atoms with van der Waals surface area (Å²) in [5.74, 6) is 0.228. The van der Waals surface area contributed by atoms with Crippen molar-refractivity contribution in [3.05, 3.63) is 41.7 Å². The second-order valence-corrected chi connectivity index (χ2v) is 5.92. The summed E-state index contributed by atoms with van der Waals surface area (Å²) in [6.45, 7) is 6.63. The fourth-order valence-electron chi connectivity index (χ4n) is 2.23. The van der Waals surface area contributed by atoms with E-state index in [9.17, 15) is 4.79 Å². The van der Waals surface area contributed by atoms with E-state index in [0.717, 1.165) is 12.1 Å². The monoisotopic (exact) mass is 301 g/mol. The lowest BCUT2D eigenvalue weighted by Crippen LogP contribution is -2.41. The lowest BCUT2D eigenvalue weighted by Gasteiger charge is -2.17. The van der Waals surface area contributed by atoms with Crippen LogP contribution in [0.5, 0.6) is 0 Å². The van der Waals surface area contributed by atoms with Crippen LogP contribution in [-0.4, -0.2) is 33.5 Å². The van der Waals surface area contributed by atoms with Crippen LogP contribution >= 0.6 is 0 Å². The van der Waals surface area contributed by atoms with Crippen LogP contribution in [0, 0.1) is 12.8 Å². The lowest BCUT2D eigenvalue weighted by molar-refractivity contribution is 0.0928. The number of aryl methyl sites for hydroxylation is 1. The molecule has 2 aromatic rings. The number of carbonyl (C=O) groups excluding carboxylic acids is 1. The first kappa shape index (κ1) is 16.2.